The van der Waals surface area contributed by atoms with Gasteiger partial charge in [-0.2, -0.15) is 0 Å². The maximum absolute atomic E-state index is 12.4. The Morgan fingerprint density at radius 2 is 2.14 bits per heavy atom. The monoisotopic (exact) mass is 266 g/mol. The Labute approximate surface area is 88.1 Å². The molecule has 0 spiro atoms. The largest absolute Gasteiger partial charge is 0.392 e. The highest BCUT2D eigenvalue weighted by molar-refractivity contribution is 9.10. The van der Waals surface area contributed by atoms with E-state index in [1.165, 1.54) is 6.20 Å². The molecule has 0 amide bonds. The van der Waals surface area contributed by atoms with Crippen molar-refractivity contribution in [3.63, 3.8) is 0 Å². The molecular weight excluding hydrogens is 258 g/mol. The number of alkyl halides is 2. The standard InChI is InChI=1S/C8H9BrF2N2O/c9-6-2-13-7(8(10)11)5(3-14)4(6)1-12/h2,8,14H,1,3,12H2. The number of hydrogen-bond donors (Lipinski definition) is 2. The van der Waals surface area contributed by atoms with Crippen molar-refractivity contribution < 1.29 is 13.9 Å². The third-order valence-corrected chi connectivity index (χ3v) is 2.53. The van der Waals surface area contributed by atoms with Crippen molar-refractivity contribution in [2.45, 2.75) is 19.6 Å². The summed E-state index contributed by atoms with van der Waals surface area (Å²) in [6, 6.07) is 0. The number of rotatable bonds is 3. The fourth-order valence-corrected chi connectivity index (χ4v) is 1.67. The first-order valence-electron chi connectivity index (χ1n) is 3.87. The fraction of sp³-hybridized carbons (Fsp3) is 0.375. The second kappa shape index (κ2) is 4.77. The lowest BCUT2D eigenvalue weighted by Crippen LogP contribution is -2.08. The molecule has 0 saturated carbocycles. The summed E-state index contributed by atoms with van der Waals surface area (Å²) in [7, 11) is 0. The van der Waals surface area contributed by atoms with Crippen molar-refractivity contribution in [2.75, 3.05) is 0 Å². The number of hydrogen-bond acceptors (Lipinski definition) is 3. The number of nitrogens with two attached hydrogens (primary N) is 1. The zero-order chi connectivity index (χ0) is 10.7. The Morgan fingerprint density at radius 1 is 1.50 bits per heavy atom. The Hall–Kier alpha value is -0.590. The van der Waals surface area contributed by atoms with E-state index in [4.69, 9.17) is 10.8 Å². The van der Waals surface area contributed by atoms with Gasteiger partial charge in [-0.25, -0.2) is 8.78 Å². The molecule has 0 atom stereocenters. The molecule has 3 N–H and O–H groups in total. The molecule has 1 aromatic rings. The van der Waals surface area contributed by atoms with Crippen LogP contribution in [-0.4, -0.2) is 10.1 Å². The van der Waals surface area contributed by atoms with Crippen LogP contribution in [0.2, 0.25) is 0 Å². The molecule has 78 valence electrons. The summed E-state index contributed by atoms with van der Waals surface area (Å²) in [6.07, 6.45) is -1.43. The third-order valence-electron chi connectivity index (χ3n) is 1.85. The van der Waals surface area contributed by atoms with Crippen LogP contribution in [0.4, 0.5) is 8.78 Å². The SMILES string of the molecule is NCc1c(Br)cnc(C(F)F)c1CO. The molecule has 1 rings (SSSR count). The first kappa shape index (κ1) is 11.5. The van der Waals surface area contributed by atoms with Gasteiger partial charge >= 0.3 is 0 Å². The van der Waals surface area contributed by atoms with Crippen LogP contribution < -0.4 is 5.73 Å². The molecule has 1 aromatic heterocycles. The third kappa shape index (κ3) is 2.08. The molecule has 0 bridgehead atoms. The summed E-state index contributed by atoms with van der Waals surface area (Å²) < 4.78 is 25.4. The van der Waals surface area contributed by atoms with Crippen molar-refractivity contribution in [2.24, 2.45) is 5.73 Å². The second-order valence-corrected chi connectivity index (χ2v) is 3.47. The maximum atomic E-state index is 12.4. The molecule has 6 heteroatoms. The summed E-state index contributed by atoms with van der Waals surface area (Å²) >= 11 is 3.13. The van der Waals surface area contributed by atoms with E-state index in [9.17, 15) is 8.78 Å². The normalized spacial score (nSPS) is 11.0. The van der Waals surface area contributed by atoms with E-state index < -0.39 is 18.7 Å². The van der Waals surface area contributed by atoms with Gasteiger partial charge in [-0.3, -0.25) is 4.98 Å². The van der Waals surface area contributed by atoms with Crippen LogP contribution in [-0.2, 0) is 13.2 Å². The topological polar surface area (TPSA) is 59.1 Å². The Morgan fingerprint density at radius 3 is 2.57 bits per heavy atom. The number of halogens is 3. The first-order chi connectivity index (χ1) is 6.61. The van der Waals surface area contributed by atoms with Gasteiger partial charge in [-0.15, -0.1) is 0 Å². The highest BCUT2D eigenvalue weighted by Crippen LogP contribution is 2.27. The molecule has 0 aromatic carbocycles. The van der Waals surface area contributed by atoms with Crippen molar-refractivity contribution in [1.82, 2.24) is 4.98 Å². The predicted octanol–water partition coefficient (Wildman–Crippen LogP) is 1.73. The lowest BCUT2D eigenvalue weighted by molar-refractivity contribution is 0.141. The predicted molar refractivity (Wildman–Crippen MR) is 50.7 cm³/mol. The molecule has 0 fully saturated rings. The molecule has 3 nitrogen and oxygen atoms in total. The van der Waals surface area contributed by atoms with E-state index in [2.05, 4.69) is 20.9 Å². The van der Waals surface area contributed by atoms with Crippen LogP contribution in [0, 0.1) is 0 Å². The lowest BCUT2D eigenvalue weighted by Gasteiger charge is -2.11. The quantitative estimate of drug-likeness (QED) is 0.876. The molecule has 14 heavy (non-hydrogen) atoms. The Kier molecular flexibility index (Phi) is 3.91. The molecule has 1 heterocycles. The van der Waals surface area contributed by atoms with Gasteiger partial charge in [-0.1, -0.05) is 0 Å². The van der Waals surface area contributed by atoms with E-state index in [0.717, 1.165) is 0 Å². The van der Waals surface area contributed by atoms with Gasteiger partial charge < -0.3 is 10.8 Å². The lowest BCUT2D eigenvalue weighted by atomic mass is 10.1. The smallest absolute Gasteiger partial charge is 0.280 e. The van der Waals surface area contributed by atoms with Gasteiger partial charge in [0, 0.05) is 22.8 Å². The highest BCUT2D eigenvalue weighted by atomic mass is 79.9. The van der Waals surface area contributed by atoms with Gasteiger partial charge in [0.1, 0.15) is 5.69 Å². The van der Waals surface area contributed by atoms with Crippen molar-refractivity contribution in [1.29, 1.82) is 0 Å². The zero-order valence-electron chi connectivity index (χ0n) is 7.17. The molecular formula is C8H9BrF2N2O. The zero-order valence-corrected chi connectivity index (χ0v) is 8.76. The number of aliphatic hydroxyl groups excluding tert-OH is 1. The van der Waals surface area contributed by atoms with Gasteiger partial charge in [-0.05, 0) is 21.5 Å². The van der Waals surface area contributed by atoms with E-state index in [1.807, 2.05) is 0 Å². The Bertz CT molecular complexity index is 333. The summed E-state index contributed by atoms with van der Waals surface area (Å²) in [5.74, 6) is 0. The molecule has 0 radical (unpaired) electrons. The van der Waals surface area contributed by atoms with Crippen LogP contribution in [0.5, 0.6) is 0 Å². The van der Waals surface area contributed by atoms with Crippen LogP contribution in [0.1, 0.15) is 23.2 Å². The number of nitrogens with zero attached hydrogens (tertiary/aromatic N) is 1. The maximum Gasteiger partial charge on any atom is 0.280 e. The summed E-state index contributed by atoms with van der Waals surface area (Å²) in [6.45, 7) is -0.405. The molecule has 0 saturated heterocycles. The molecule has 0 aliphatic carbocycles. The Balaban J connectivity index is 3.33. The minimum Gasteiger partial charge on any atom is -0.392 e. The van der Waals surface area contributed by atoms with Crippen LogP contribution in [0.3, 0.4) is 0 Å². The van der Waals surface area contributed by atoms with Gasteiger partial charge in [0.2, 0.25) is 0 Å². The minimum absolute atomic E-state index is 0.0821. The summed E-state index contributed by atoms with van der Waals surface area (Å²) in [4.78, 5) is 3.54. The molecule has 0 aliphatic rings. The fourth-order valence-electron chi connectivity index (χ4n) is 1.17. The highest BCUT2D eigenvalue weighted by Gasteiger charge is 2.18. The van der Waals surface area contributed by atoms with Gasteiger partial charge in [0.15, 0.2) is 0 Å². The van der Waals surface area contributed by atoms with Gasteiger partial charge in [0.05, 0.1) is 6.61 Å². The van der Waals surface area contributed by atoms with Crippen LogP contribution >= 0.6 is 15.9 Å². The first-order valence-corrected chi connectivity index (χ1v) is 4.66. The van der Waals surface area contributed by atoms with E-state index in [0.29, 0.717) is 10.0 Å². The van der Waals surface area contributed by atoms with Gasteiger partial charge in [0.25, 0.3) is 6.43 Å². The van der Waals surface area contributed by atoms with E-state index >= 15 is 0 Å². The van der Waals surface area contributed by atoms with Crippen LogP contribution in [0.25, 0.3) is 0 Å². The number of pyridine rings is 1. The molecule has 0 aliphatic heterocycles. The van der Waals surface area contributed by atoms with E-state index in [-0.39, 0.29) is 12.1 Å². The average Bonchev–Trinajstić information content (AvgIpc) is 2.16. The molecule has 0 unspecified atom stereocenters. The number of aromatic nitrogens is 1. The van der Waals surface area contributed by atoms with Crippen molar-refractivity contribution in [3.05, 3.63) is 27.5 Å². The van der Waals surface area contributed by atoms with Crippen molar-refractivity contribution in [3.8, 4) is 0 Å². The number of aliphatic hydroxyl groups is 1. The second-order valence-electron chi connectivity index (χ2n) is 2.61. The average molecular weight is 267 g/mol. The minimum atomic E-state index is -2.70. The van der Waals surface area contributed by atoms with E-state index in [1.54, 1.807) is 0 Å². The summed E-state index contributed by atoms with van der Waals surface area (Å²) in [5.41, 5.74) is 5.55. The summed E-state index contributed by atoms with van der Waals surface area (Å²) in [5, 5.41) is 8.95. The van der Waals surface area contributed by atoms with Crippen LogP contribution in [0.15, 0.2) is 10.7 Å². The van der Waals surface area contributed by atoms with Crippen molar-refractivity contribution >= 4 is 15.9 Å².